The monoisotopic (exact) mass is 360 g/mol. The molecule has 2 N–H and O–H groups in total. The van der Waals surface area contributed by atoms with Crippen molar-refractivity contribution in [3.8, 4) is 5.75 Å². The molecule has 0 aromatic heterocycles. The molecule has 1 atom stereocenters. The van der Waals surface area contributed by atoms with E-state index in [4.69, 9.17) is 17.0 Å². The molecule has 132 valence electrons. The predicted octanol–water partition coefficient (Wildman–Crippen LogP) is 2.28. The van der Waals surface area contributed by atoms with E-state index in [-0.39, 0.29) is 5.82 Å². The maximum absolute atomic E-state index is 13.9. The lowest BCUT2D eigenvalue weighted by Crippen LogP contribution is -3.13. The van der Waals surface area contributed by atoms with Crippen molar-refractivity contribution in [1.29, 1.82) is 0 Å². The highest BCUT2D eigenvalue weighted by Crippen LogP contribution is 2.17. The van der Waals surface area contributed by atoms with Crippen LogP contribution in [-0.2, 0) is 6.54 Å². The van der Waals surface area contributed by atoms with Crippen molar-refractivity contribution in [2.24, 2.45) is 0 Å². The lowest BCUT2D eigenvalue weighted by atomic mass is 10.2. The summed E-state index contributed by atoms with van der Waals surface area (Å²) in [6.07, 6.45) is 1.03. The summed E-state index contributed by atoms with van der Waals surface area (Å²) in [6.45, 7) is 3.37. The average molecular weight is 360 g/mol. The molecule has 1 aliphatic heterocycles. The van der Waals surface area contributed by atoms with E-state index < -0.39 is 0 Å². The van der Waals surface area contributed by atoms with Crippen LogP contribution >= 0.6 is 12.2 Å². The molecule has 1 fully saturated rings. The first-order valence-electron chi connectivity index (χ1n) is 8.42. The van der Waals surface area contributed by atoms with Crippen LogP contribution in [-0.4, -0.2) is 36.9 Å². The largest absolute Gasteiger partial charge is 0.497 e. The average Bonchev–Trinajstić information content (AvgIpc) is 2.64. The van der Waals surface area contributed by atoms with Gasteiger partial charge in [0.1, 0.15) is 18.1 Å². The molecule has 0 bridgehead atoms. The van der Waals surface area contributed by atoms with Crippen LogP contribution in [0.5, 0.6) is 5.75 Å². The third-order valence-corrected chi connectivity index (χ3v) is 4.74. The first kappa shape index (κ1) is 17.6. The molecule has 2 aromatic rings. The van der Waals surface area contributed by atoms with Gasteiger partial charge in [-0.3, -0.25) is 0 Å². The number of rotatable bonds is 4. The highest BCUT2D eigenvalue weighted by atomic mass is 32.1. The van der Waals surface area contributed by atoms with E-state index in [9.17, 15) is 4.39 Å². The Morgan fingerprint density at radius 2 is 2.12 bits per heavy atom. The first-order chi connectivity index (χ1) is 12.2. The molecule has 1 heterocycles. The van der Waals surface area contributed by atoms with Gasteiger partial charge in [-0.05, 0) is 30.4 Å². The summed E-state index contributed by atoms with van der Waals surface area (Å²) in [4.78, 5) is 3.46. The number of hydrogen-bond donors (Lipinski definition) is 2. The molecule has 0 radical (unpaired) electrons. The second kappa shape index (κ2) is 8.27. The molecule has 0 aliphatic carbocycles. The number of ether oxygens (including phenoxy) is 1. The zero-order chi connectivity index (χ0) is 17.6. The summed E-state index contributed by atoms with van der Waals surface area (Å²) >= 11 is 5.57. The van der Waals surface area contributed by atoms with Crippen molar-refractivity contribution in [3.05, 3.63) is 59.9 Å². The van der Waals surface area contributed by atoms with Crippen LogP contribution in [0.4, 0.5) is 10.1 Å². The number of thiocarbonyl (C=S) groups is 1. The topological polar surface area (TPSA) is 28.9 Å². The van der Waals surface area contributed by atoms with E-state index >= 15 is 0 Å². The third kappa shape index (κ3) is 4.67. The van der Waals surface area contributed by atoms with Crippen molar-refractivity contribution in [3.63, 3.8) is 0 Å². The summed E-state index contributed by atoms with van der Waals surface area (Å²) in [7, 11) is 1.64. The zero-order valence-electron chi connectivity index (χ0n) is 14.3. The Morgan fingerprint density at radius 3 is 2.92 bits per heavy atom. The van der Waals surface area contributed by atoms with Crippen LogP contribution in [0.2, 0.25) is 0 Å². The number of quaternary nitrogens is 1. The molecule has 3 rings (SSSR count). The fourth-order valence-electron chi connectivity index (χ4n) is 3.08. The van der Waals surface area contributed by atoms with Crippen LogP contribution < -0.4 is 15.0 Å². The minimum Gasteiger partial charge on any atom is -0.497 e. The highest BCUT2D eigenvalue weighted by molar-refractivity contribution is 7.80. The van der Waals surface area contributed by atoms with Gasteiger partial charge in [0.05, 0.1) is 13.7 Å². The lowest BCUT2D eigenvalue weighted by molar-refractivity contribution is -0.927. The molecule has 0 amide bonds. The second-order valence-electron chi connectivity index (χ2n) is 6.21. The Balaban J connectivity index is 1.60. The minimum atomic E-state index is -0.135. The van der Waals surface area contributed by atoms with E-state index in [0.29, 0.717) is 11.7 Å². The number of anilines is 1. The van der Waals surface area contributed by atoms with Gasteiger partial charge in [-0.2, -0.15) is 0 Å². The highest BCUT2D eigenvalue weighted by Gasteiger charge is 2.23. The molecular formula is C19H23FN3OS+. The number of methoxy groups -OCH3 is 1. The van der Waals surface area contributed by atoms with Crippen molar-refractivity contribution in [2.45, 2.75) is 13.0 Å². The minimum absolute atomic E-state index is 0.135. The van der Waals surface area contributed by atoms with Crippen LogP contribution in [0.1, 0.15) is 12.0 Å². The van der Waals surface area contributed by atoms with E-state index in [1.54, 1.807) is 13.2 Å². The fraction of sp³-hybridized carbons (Fsp3) is 0.316. The third-order valence-electron chi connectivity index (χ3n) is 4.38. The maximum Gasteiger partial charge on any atom is 0.177 e. The molecule has 1 unspecified atom stereocenters. The van der Waals surface area contributed by atoms with E-state index in [1.165, 1.54) is 11.0 Å². The summed E-state index contributed by atoms with van der Waals surface area (Å²) < 4.78 is 19.1. The maximum atomic E-state index is 13.9. The van der Waals surface area contributed by atoms with Gasteiger partial charge in [0.25, 0.3) is 0 Å². The van der Waals surface area contributed by atoms with Crippen molar-refractivity contribution < 1.29 is 14.0 Å². The van der Waals surface area contributed by atoms with Gasteiger partial charge in [-0.15, -0.1) is 0 Å². The Hall–Kier alpha value is -2.18. The molecular weight excluding hydrogens is 337 g/mol. The van der Waals surface area contributed by atoms with Gasteiger partial charge in [0.15, 0.2) is 11.8 Å². The van der Waals surface area contributed by atoms with E-state index in [2.05, 4.69) is 10.2 Å². The van der Waals surface area contributed by atoms with Gasteiger partial charge in [0, 0.05) is 30.3 Å². The molecule has 0 spiro atoms. The van der Waals surface area contributed by atoms with Crippen molar-refractivity contribution >= 4 is 23.0 Å². The van der Waals surface area contributed by atoms with Crippen molar-refractivity contribution in [2.75, 3.05) is 32.2 Å². The molecule has 1 aliphatic rings. The number of hydrogen-bond acceptors (Lipinski definition) is 2. The summed E-state index contributed by atoms with van der Waals surface area (Å²) in [5.74, 6) is 0.655. The smallest absolute Gasteiger partial charge is 0.177 e. The molecule has 1 saturated heterocycles. The normalized spacial score (nSPS) is 17.2. The lowest BCUT2D eigenvalue weighted by Gasteiger charge is -2.34. The number of nitrogens with one attached hydrogen (secondary N) is 2. The molecule has 25 heavy (non-hydrogen) atoms. The Morgan fingerprint density at radius 1 is 1.28 bits per heavy atom. The van der Waals surface area contributed by atoms with E-state index in [1.807, 2.05) is 36.4 Å². The second-order valence-corrected chi connectivity index (χ2v) is 6.59. The Labute approximate surface area is 153 Å². The standard InChI is InChI=1S/C19H22FN3OS/c1-24-17-8-4-7-16(12-17)21-19(25)23-11-5-10-22(14-23)13-15-6-2-3-9-18(15)20/h2-4,6-9,12H,5,10-11,13-14H2,1H3,(H,21,25)/p+1. The molecule has 2 aromatic carbocycles. The van der Waals surface area contributed by atoms with Crippen LogP contribution in [0, 0.1) is 5.82 Å². The van der Waals surface area contributed by atoms with E-state index in [0.717, 1.165) is 43.2 Å². The fourth-order valence-corrected chi connectivity index (χ4v) is 3.35. The van der Waals surface area contributed by atoms with Gasteiger partial charge >= 0.3 is 0 Å². The number of nitrogens with zero attached hydrogens (tertiary/aromatic N) is 1. The van der Waals surface area contributed by atoms with Crippen LogP contribution in [0.15, 0.2) is 48.5 Å². The Bertz CT molecular complexity index is 740. The van der Waals surface area contributed by atoms with Crippen LogP contribution in [0.25, 0.3) is 0 Å². The van der Waals surface area contributed by atoms with Gasteiger partial charge in [0.2, 0.25) is 0 Å². The molecule has 6 heteroatoms. The van der Waals surface area contributed by atoms with Gasteiger partial charge in [-0.1, -0.05) is 24.3 Å². The number of benzene rings is 2. The predicted molar refractivity (Wildman–Crippen MR) is 101 cm³/mol. The number of halogens is 1. The summed E-state index contributed by atoms with van der Waals surface area (Å²) in [6, 6.07) is 14.7. The zero-order valence-corrected chi connectivity index (χ0v) is 15.1. The first-order valence-corrected chi connectivity index (χ1v) is 8.83. The van der Waals surface area contributed by atoms with Crippen molar-refractivity contribution in [1.82, 2.24) is 4.90 Å². The Kier molecular flexibility index (Phi) is 5.83. The summed E-state index contributed by atoms with van der Waals surface area (Å²) in [5.41, 5.74) is 1.66. The van der Waals surface area contributed by atoms with Gasteiger partial charge < -0.3 is 19.9 Å². The summed E-state index contributed by atoms with van der Waals surface area (Å²) in [5, 5.41) is 3.97. The molecule has 4 nitrogen and oxygen atoms in total. The van der Waals surface area contributed by atoms with Crippen LogP contribution in [0.3, 0.4) is 0 Å². The molecule has 0 saturated carbocycles. The quantitative estimate of drug-likeness (QED) is 0.819. The SMILES string of the molecule is COc1cccc(NC(=S)N2CCC[NH+](Cc3ccccc3F)C2)c1. The van der Waals surface area contributed by atoms with Gasteiger partial charge in [-0.25, -0.2) is 4.39 Å².